The van der Waals surface area contributed by atoms with Gasteiger partial charge in [0.05, 0.1) is 11.0 Å². The Morgan fingerprint density at radius 3 is 2.50 bits per heavy atom. The van der Waals surface area contributed by atoms with Crippen molar-refractivity contribution in [3.8, 4) is 22.8 Å². The molecule has 3 aromatic carbocycles. The molecule has 0 aliphatic heterocycles. The fraction of sp³-hybridized carbons (Fsp3) is 0. The molecule has 28 heavy (non-hydrogen) atoms. The number of imidazole rings is 2. The van der Waals surface area contributed by atoms with Crippen molar-refractivity contribution in [3.63, 3.8) is 0 Å². The molecule has 5 aromatic rings. The number of aliphatic imine (C=N–C) groups is 1. The third kappa shape index (κ3) is 2.68. The zero-order valence-corrected chi connectivity index (χ0v) is 14.7. The van der Waals surface area contributed by atoms with E-state index in [2.05, 4.69) is 4.98 Å². The lowest BCUT2D eigenvalue weighted by Crippen LogP contribution is -1.85. The number of rotatable bonds is 3. The van der Waals surface area contributed by atoms with E-state index in [-0.39, 0.29) is 11.5 Å². The van der Waals surface area contributed by atoms with E-state index in [0.717, 1.165) is 22.2 Å². The third-order valence-electron chi connectivity index (χ3n) is 4.57. The number of phenolic OH excluding ortho intramolecular Hbond substituents is 2. The summed E-state index contributed by atoms with van der Waals surface area (Å²) < 4.78 is 1.95. The van der Waals surface area contributed by atoms with E-state index in [9.17, 15) is 10.2 Å². The molecule has 0 aliphatic rings. The van der Waals surface area contributed by atoms with Gasteiger partial charge in [0.25, 0.3) is 0 Å². The minimum Gasteiger partial charge on any atom is -0.508 e. The van der Waals surface area contributed by atoms with Crippen LogP contribution in [-0.4, -0.2) is 30.8 Å². The van der Waals surface area contributed by atoms with Crippen LogP contribution in [0.4, 0.5) is 5.82 Å². The number of benzene rings is 3. The molecule has 0 amide bonds. The molecule has 0 unspecified atom stereocenters. The molecule has 2 aromatic heterocycles. The molecule has 136 valence electrons. The van der Waals surface area contributed by atoms with Crippen molar-refractivity contribution in [2.45, 2.75) is 0 Å². The van der Waals surface area contributed by atoms with E-state index >= 15 is 0 Å². The van der Waals surface area contributed by atoms with Crippen LogP contribution in [0.25, 0.3) is 28.1 Å². The van der Waals surface area contributed by atoms with Gasteiger partial charge in [-0.1, -0.05) is 36.4 Å². The minimum atomic E-state index is 0.168. The quantitative estimate of drug-likeness (QED) is 0.405. The molecular weight excluding hydrogens is 352 g/mol. The molecule has 5 rings (SSSR count). The predicted octanol–water partition coefficient (Wildman–Crippen LogP) is 4.64. The summed E-state index contributed by atoms with van der Waals surface area (Å²) >= 11 is 0. The summed E-state index contributed by atoms with van der Waals surface area (Å²) in [6.07, 6.45) is 1.69. The number of hydrogen-bond acceptors (Lipinski definition) is 4. The SMILES string of the molecule is Oc1cccc(/C=N/c2c(-c3cccc(O)c3)nc3[nH]c4ccccc4n23)c1. The Balaban J connectivity index is 1.76. The molecule has 0 radical (unpaired) electrons. The number of para-hydroxylation sites is 2. The number of hydrogen-bond donors (Lipinski definition) is 3. The van der Waals surface area contributed by atoms with E-state index in [1.165, 1.54) is 0 Å². The van der Waals surface area contributed by atoms with Crippen molar-refractivity contribution in [1.29, 1.82) is 0 Å². The molecule has 2 heterocycles. The van der Waals surface area contributed by atoms with E-state index < -0.39 is 0 Å². The van der Waals surface area contributed by atoms with Gasteiger partial charge in [-0.15, -0.1) is 0 Å². The summed E-state index contributed by atoms with van der Waals surface area (Å²) in [5, 5.41) is 19.6. The maximum atomic E-state index is 9.89. The Labute approximate surface area is 160 Å². The van der Waals surface area contributed by atoms with Gasteiger partial charge in [0.15, 0.2) is 5.82 Å². The fourth-order valence-electron chi connectivity index (χ4n) is 3.33. The van der Waals surface area contributed by atoms with Crippen LogP contribution < -0.4 is 0 Å². The topological polar surface area (TPSA) is 85.9 Å². The van der Waals surface area contributed by atoms with Crippen molar-refractivity contribution in [3.05, 3.63) is 78.4 Å². The second-order valence-electron chi connectivity index (χ2n) is 6.49. The van der Waals surface area contributed by atoms with Crippen LogP contribution in [0, 0.1) is 0 Å². The van der Waals surface area contributed by atoms with Crippen molar-refractivity contribution in [2.75, 3.05) is 0 Å². The number of fused-ring (bicyclic) bond motifs is 3. The first-order chi connectivity index (χ1) is 13.7. The molecule has 6 nitrogen and oxygen atoms in total. The average Bonchev–Trinajstić information content (AvgIpc) is 3.22. The fourth-order valence-corrected chi connectivity index (χ4v) is 3.33. The third-order valence-corrected chi connectivity index (χ3v) is 4.57. The Bertz CT molecular complexity index is 1350. The summed E-state index contributed by atoms with van der Waals surface area (Å²) in [5.41, 5.74) is 4.12. The number of H-pyrrole nitrogens is 1. The van der Waals surface area contributed by atoms with Crippen molar-refractivity contribution >= 4 is 28.8 Å². The van der Waals surface area contributed by atoms with Crippen LogP contribution in [-0.2, 0) is 0 Å². The molecule has 0 atom stereocenters. The molecule has 0 saturated heterocycles. The summed E-state index contributed by atoms with van der Waals surface area (Å²) in [6.45, 7) is 0. The van der Waals surface area contributed by atoms with Gasteiger partial charge in [-0.25, -0.2) is 9.98 Å². The Hall–Kier alpha value is -4.06. The number of aromatic amines is 1. The molecule has 0 spiro atoms. The van der Waals surface area contributed by atoms with Crippen LogP contribution in [0.1, 0.15) is 5.56 Å². The number of nitrogens with zero attached hydrogens (tertiary/aromatic N) is 3. The van der Waals surface area contributed by atoms with Gasteiger partial charge in [0.1, 0.15) is 17.2 Å². The number of nitrogens with one attached hydrogen (secondary N) is 1. The highest BCUT2D eigenvalue weighted by Crippen LogP contribution is 2.34. The molecule has 0 saturated carbocycles. The zero-order chi connectivity index (χ0) is 19.1. The monoisotopic (exact) mass is 368 g/mol. The lowest BCUT2D eigenvalue weighted by molar-refractivity contribution is 0.475. The average molecular weight is 368 g/mol. The number of aromatic hydroxyl groups is 2. The zero-order valence-electron chi connectivity index (χ0n) is 14.7. The lowest BCUT2D eigenvalue weighted by Gasteiger charge is -2.02. The summed E-state index contributed by atoms with van der Waals surface area (Å²) in [5.74, 6) is 1.66. The van der Waals surface area contributed by atoms with Gasteiger partial charge >= 0.3 is 0 Å². The normalized spacial score (nSPS) is 11.7. The van der Waals surface area contributed by atoms with E-state index in [1.807, 2.05) is 40.8 Å². The van der Waals surface area contributed by atoms with Gasteiger partial charge in [0, 0.05) is 11.8 Å². The van der Waals surface area contributed by atoms with E-state index in [0.29, 0.717) is 17.3 Å². The van der Waals surface area contributed by atoms with Crippen LogP contribution in [0.15, 0.2) is 77.8 Å². The first-order valence-corrected chi connectivity index (χ1v) is 8.81. The van der Waals surface area contributed by atoms with Crippen LogP contribution in [0.2, 0.25) is 0 Å². The Morgan fingerprint density at radius 1 is 0.893 bits per heavy atom. The van der Waals surface area contributed by atoms with Gasteiger partial charge in [-0.3, -0.25) is 4.40 Å². The van der Waals surface area contributed by atoms with Gasteiger partial charge in [-0.05, 0) is 42.0 Å². The second kappa shape index (κ2) is 6.28. The van der Waals surface area contributed by atoms with Gasteiger partial charge < -0.3 is 15.2 Å². The van der Waals surface area contributed by atoms with Crippen molar-refractivity contribution < 1.29 is 10.2 Å². The maximum absolute atomic E-state index is 9.89. The summed E-state index contributed by atoms with van der Waals surface area (Å²) in [4.78, 5) is 12.7. The van der Waals surface area contributed by atoms with Crippen LogP contribution in [0.3, 0.4) is 0 Å². The number of aromatic nitrogens is 3. The standard InChI is InChI=1S/C22H16N4O2/c27-16-7-3-5-14(11-16)13-23-21-20(15-6-4-8-17(28)12-15)25-22-24-18-9-1-2-10-19(18)26(21)22/h1-13,27-28H,(H,24,25)/b23-13+. The molecule has 0 fully saturated rings. The Morgan fingerprint density at radius 2 is 1.68 bits per heavy atom. The van der Waals surface area contributed by atoms with Crippen molar-refractivity contribution in [1.82, 2.24) is 14.4 Å². The van der Waals surface area contributed by atoms with Crippen molar-refractivity contribution in [2.24, 2.45) is 4.99 Å². The first kappa shape index (κ1) is 16.1. The highest BCUT2D eigenvalue weighted by Gasteiger charge is 2.17. The van der Waals surface area contributed by atoms with E-state index in [1.54, 1.807) is 42.6 Å². The van der Waals surface area contributed by atoms with Crippen LogP contribution in [0.5, 0.6) is 11.5 Å². The molecule has 3 N–H and O–H groups in total. The number of phenols is 2. The summed E-state index contributed by atoms with van der Waals surface area (Å²) in [6, 6.07) is 21.8. The first-order valence-electron chi connectivity index (χ1n) is 8.81. The van der Waals surface area contributed by atoms with Gasteiger partial charge in [0.2, 0.25) is 5.78 Å². The molecular formula is C22H16N4O2. The molecule has 6 heteroatoms. The largest absolute Gasteiger partial charge is 0.508 e. The molecule has 0 aliphatic carbocycles. The lowest BCUT2D eigenvalue weighted by atomic mass is 10.1. The second-order valence-corrected chi connectivity index (χ2v) is 6.49. The van der Waals surface area contributed by atoms with E-state index in [4.69, 9.17) is 9.98 Å². The highest BCUT2D eigenvalue weighted by molar-refractivity contribution is 5.89. The smallest absolute Gasteiger partial charge is 0.214 e. The predicted molar refractivity (Wildman–Crippen MR) is 110 cm³/mol. The maximum Gasteiger partial charge on any atom is 0.214 e. The highest BCUT2D eigenvalue weighted by atomic mass is 16.3. The Kier molecular flexibility index (Phi) is 3.62. The summed E-state index contributed by atoms with van der Waals surface area (Å²) in [7, 11) is 0. The van der Waals surface area contributed by atoms with Gasteiger partial charge in [-0.2, -0.15) is 0 Å². The minimum absolute atomic E-state index is 0.168. The van der Waals surface area contributed by atoms with Crippen LogP contribution >= 0.6 is 0 Å². The molecule has 0 bridgehead atoms.